The summed E-state index contributed by atoms with van der Waals surface area (Å²) >= 11 is 0. The highest BCUT2D eigenvalue weighted by molar-refractivity contribution is 5.13. The van der Waals surface area contributed by atoms with Crippen LogP contribution in [0.4, 0.5) is 0 Å². The molecule has 0 amide bonds. The SMILES string of the molecule is CC(C)N1CCC(N)C1c1cncn1C(C)C. The average molecular weight is 236 g/mol. The Kier molecular flexibility index (Phi) is 3.54. The molecule has 0 radical (unpaired) electrons. The first kappa shape index (κ1) is 12.6. The Balaban J connectivity index is 2.33. The van der Waals surface area contributed by atoms with Gasteiger partial charge in [0.1, 0.15) is 0 Å². The topological polar surface area (TPSA) is 47.1 Å². The minimum atomic E-state index is 0.228. The molecule has 2 unspecified atom stereocenters. The first-order valence-electron chi connectivity index (χ1n) is 6.55. The predicted octanol–water partition coefficient (Wildman–Crippen LogP) is 1.95. The van der Waals surface area contributed by atoms with Crippen molar-refractivity contribution >= 4 is 0 Å². The Morgan fingerprint density at radius 3 is 2.59 bits per heavy atom. The van der Waals surface area contributed by atoms with Crippen LogP contribution in [-0.2, 0) is 0 Å². The maximum atomic E-state index is 6.28. The Morgan fingerprint density at radius 2 is 2.00 bits per heavy atom. The third-order valence-electron chi connectivity index (χ3n) is 3.70. The summed E-state index contributed by atoms with van der Waals surface area (Å²) < 4.78 is 2.24. The molecule has 0 spiro atoms. The fourth-order valence-corrected chi connectivity index (χ4v) is 2.79. The van der Waals surface area contributed by atoms with Crippen molar-refractivity contribution in [2.45, 2.75) is 58.3 Å². The molecule has 4 nitrogen and oxygen atoms in total. The molecule has 0 aromatic carbocycles. The second-order valence-electron chi connectivity index (χ2n) is 5.55. The van der Waals surface area contributed by atoms with E-state index in [4.69, 9.17) is 5.73 Å². The highest BCUT2D eigenvalue weighted by Crippen LogP contribution is 2.33. The van der Waals surface area contributed by atoms with Crippen LogP contribution in [0.1, 0.15) is 51.9 Å². The summed E-state index contributed by atoms with van der Waals surface area (Å²) in [5.41, 5.74) is 7.55. The molecule has 96 valence electrons. The molecule has 1 fully saturated rings. The molecule has 1 saturated heterocycles. The van der Waals surface area contributed by atoms with Crippen LogP contribution in [0.2, 0.25) is 0 Å². The second kappa shape index (κ2) is 4.78. The Morgan fingerprint density at radius 1 is 1.29 bits per heavy atom. The van der Waals surface area contributed by atoms with Crippen molar-refractivity contribution in [1.82, 2.24) is 14.5 Å². The summed E-state index contributed by atoms with van der Waals surface area (Å²) in [5.74, 6) is 0. The van der Waals surface area contributed by atoms with Gasteiger partial charge in [0.05, 0.1) is 18.1 Å². The summed E-state index contributed by atoms with van der Waals surface area (Å²) in [6.45, 7) is 9.94. The van der Waals surface area contributed by atoms with Crippen molar-refractivity contribution in [3.05, 3.63) is 18.2 Å². The normalized spacial score (nSPS) is 26.3. The molecule has 2 rings (SSSR count). The van der Waals surface area contributed by atoms with Crippen molar-refractivity contribution in [3.63, 3.8) is 0 Å². The molecule has 17 heavy (non-hydrogen) atoms. The number of imidazole rings is 1. The Bertz CT molecular complexity index is 369. The van der Waals surface area contributed by atoms with Gasteiger partial charge in [0.15, 0.2) is 0 Å². The minimum Gasteiger partial charge on any atom is -0.331 e. The van der Waals surface area contributed by atoms with E-state index in [9.17, 15) is 0 Å². The van der Waals surface area contributed by atoms with Gasteiger partial charge in [-0.1, -0.05) is 0 Å². The molecule has 0 bridgehead atoms. The zero-order chi connectivity index (χ0) is 12.6. The predicted molar refractivity (Wildman–Crippen MR) is 69.8 cm³/mol. The highest BCUT2D eigenvalue weighted by Gasteiger charge is 2.36. The van der Waals surface area contributed by atoms with E-state index in [1.54, 1.807) is 0 Å². The van der Waals surface area contributed by atoms with E-state index in [1.165, 1.54) is 5.69 Å². The van der Waals surface area contributed by atoms with E-state index < -0.39 is 0 Å². The van der Waals surface area contributed by atoms with Gasteiger partial charge in [-0.2, -0.15) is 0 Å². The quantitative estimate of drug-likeness (QED) is 0.872. The second-order valence-corrected chi connectivity index (χ2v) is 5.55. The number of rotatable bonds is 3. The van der Waals surface area contributed by atoms with Gasteiger partial charge in [0, 0.05) is 30.9 Å². The number of aromatic nitrogens is 2. The smallest absolute Gasteiger partial charge is 0.0951 e. The summed E-state index contributed by atoms with van der Waals surface area (Å²) in [4.78, 5) is 6.78. The zero-order valence-corrected chi connectivity index (χ0v) is 11.3. The van der Waals surface area contributed by atoms with Crippen LogP contribution < -0.4 is 5.73 Å². The van der Waals surface area contributed by atoms with Crippen LogP contribution in [0, 0.1) is 0 Å². The van der Waals surface area contributed by atoms with Gasteiger partial charge in [-0.15, -0.1) is 0 Å². The zero-order valence-electron chi connectivity index (χ0n) is 11.3. The molecule has 0 aliphatic carbocycles. The highest BCUT2D eigenvalue weighted by atomic mass is 15.3. The van der Waals surface area contributed by atoms with E-state index in [2.05, 4.69) is 42.1 Å². The first-order valence-corrected chi connectivity index (χ1v) is 6.55. The van der Waals surface area contributed by atoms with Crippen molar-refractivity contribution in [1.29, 1.82) is 0 Å². The molecule has 4 heteroatoms. The number of hydrogen-bond donors (Lipinski definition) is 1. The molecule has 1 aliphatic rings. The first-order chi connectivity index (χ1) is 8.02. The molecular weight excluding hydrogens is 212 g/mol. The summed E-state index contributed by atoms with van der Waals surface area (Å²) in [6, 6.07) is 1.52. The van der Waals surface area contributed by atoms with Crippen molar-refractivity contribution < 1.29 is 0 Å². The summed E-state index contributed by atoms with van der Waals surface area (Å²) in [5, 5.41) is 0. The fraction of sp³-hybridized carbons (Fsp3) is 0.769. The fourth-order valence-electron chi connectivity index (χ4n) is 2.79. The lowest BCUT2D eigenvalue weighted by molar-refractivity contribution is 0.190. The van der Waals surface area contributed by atoms with E-state index in [0.717, 1.165) is 13.0 Å². The van der Waals surface area contributed by atoms with Crippen molar-refractivity contribution in [3.8, 4) is 0 Å². The van der Waals surface area contributed by atoms with Gasteiger partial charge >= 0.3 is 0 Å². The summed E-state index contributed by atoms with van der Waals surface area (Å²) in [7, 11) is 0. The third-order valence-corrected chi connectivity index (χ3v) is 3.70. The number of nitrogens with zero attached hydrogens (tertiary/aromatic N) is 3. The van der Waals surface area contributed by atoms with Gasteiger partial charge in [-0.3, -0.25) is 4.90 Å². The van der Waals surface area contributed by atoms with Crippen LogP contribution in [0.15, 0.2) is 12.5 Å². The number of nitrogens with two attached hydrogens (primary N) is 1. The van der Waals surface area contributed by atoms with Crippen molar-refractivity contribution in [2.75, 3.05) is 6.54 Å². The molecule has 1 aromatic rings. The van der Waals surface area contributed by atoms with Gasteiger partial charge in [-0.05, 0) is 34.1 Å². The Hall–Kier alpha value is -0.870. The summed E-state index contributed by atoms with van der Waals surface area (Å²) in [6.07, 6.45) is 4.97. The van der Waals surface area contributed by atoms with E-state index in [1.807, 2.05) is 12.5 Å². The molecule has 2 heterocycles. The van der Waals surface area contributed by atoms with E-state index >= 15 is 0 Å². The van der Waals surface area contributed by atoms with Crippen molar-refractivity contribution in [2.24, 2.45) is 5.73 Å². The maximum absolute atomic E-state index is 6.28. The molecule has 0 saturated carbocycles. The van der Waals surface area contributed by atoms with Gasteiger partial charge in [-0.25, -0.2) is 4.98 Å². The van der Waals surface area contributed by atoms with Crippen LogP contribution in [0.3, 0.4) is 0 Å². The van der Waals surface area contributed by atoms with Crippen LogP contribution in [0.25, 0.3) is 0 Å². The van der Waals surface area contributed by atoms with E-state index in [-0.39, 0.29) is 6.04 Å². The van der Waals surface area contributed by atoms with Crippen LogP contribution in [-0.4, -0.2) is 33.1 Å². The molecule has 2 atom stereocenters. The van der Waals surface area contributed by atoms with Gasteiger partial charge < -0.3 is 10.3 Å². The largest absolute Gasteiger partial charge is 0.331 e. The molecular formula is C13H24N4. The number of hydrogen-bond acceptors (Lipinski definition) is 3. The van der Waals surface area contributed by atoms with Crippen LogP contribution in [0.5, 0.6) is 0 Å². The van der Waals surface area contributed by atoms with Gasteiger partial charge in [0.25, 0.3) is 0 Å². The Labute approximate surface area is 104 Å². The van der Waals surface area contributed by atoms with Crippen LogP contribution >= 0.6 is 0 Å². The average Bonchev–Trinajstić information content (AvgIpc) is 2.82. The third kappa shape index (κ3) is 2.24. The molecule has 1 aliphatic heterocycles. The lowest BCUT2D eigenvalue weighted by Crippen LogP contribution is -2.37. The standard InChI is InChI=1S/C13H24N4/c1-9(2)16-6-5-11(14)13(16)12-7-15-8-17(12)10(3)4/h7-11,13H,5-6,14H2,1-4H3. The molecule has 1 aromatic heterocycles. The molecule has 2 N–H and O–H groups in total. The minimum absolute atomic E-state index is 0.228. The lowest BCUT2D eigenvalue weighted by atomic mass is 10.1. The van der Waals surface area contributed by atoms with Gasteiger partial charge in [0.2, 0.25) is 0 Å². The van der Waals surface area contributed by atoms with E-state index in [0.29, 0.717) is 18.1 Å². The lowest BCUT2D eigenvalue weighted by Gasteiger charge is -2.31. The monoisotopic (exact) mass is 236 g/mol. The maximum Gasteiger partial charge on any atom is 0.0951 e. The number of likely N-dealkylation sites (tertiary alicyclic amines) is 1.